The summed E-state index contributed by atoms with van der Waals surface area (Å²) in [5, 5.41) is 0.0456. The highest BCUT2D eigenvalue weighted by atomic mass is 31.2. The molecule has 2 atom stereocenters. The molecule has 0 saturated heterocycles. The Hall–Kier alpha value is 0.540. The molecule has 0 aliphatic heterocycles. The molecule has 0 aliphatic rings. The van der Waals surface area contributed by atoms with Crippen LogP contribution in [-0.4, -0.2) is 16.7 Å². The molecule has 0 amide bonds. The normalized spacial score (nSPS) is 14.9. The predicted octanol–water partition coefficient (Wildman–Crippen LogP) is 8.38. The van der Waals surface area contributed by atoms with Gasteiger partial charge in [-0.15, -0.1) is 0 Å². The molecule has 0 aromatic heterocycles. The van der Waals surface area contributed by atoms with Crippen molar-refractivity contribution in [3.8, 4) is 0 Å². The van der Waals surface area contributed by atoms with E-state index in [-0.39, 0.29) is 14.0 Å². The molecular weight excluding hydrogens is 378 g/mol. The van der Waals surface area contributed by atoms with Crippen molar-refractivity contribution in [1.29, 1.82) is 0 Å². The van der Waals surface area contributed by atoms with Gasteiger partial charge in [-0.25, -0.2) is 4.57 Å². The summed E-state index contributed by atoms with van der Waals surface area (Å²) in [6, 6.07) is 0. The highest BCUT2D eigenvalue weighted by Gasteiger charge is 2.33. The lowest BCUT2D eigenvalue weighted by molar-refractivity contribution is 0.203. The molecule has 0 rings (SSSR count). The first-order valence-corrected chi connectivity index (χ1v) is 13.8. The van der Waals surface area contributed by atoms with Crippen LogP contribution in [0.2, 0.25) is 0 Å². The highest BCUT2D eigenvalue weighted by Crippen LogP contribution is 2.57. The van der Waals surface area contributed by atoms with Crippen molar-refractivity contribution in [3.05, 3.63) is 0 Å². The molecule has 0 spiro atoms. The standard InChI is InChI=1S/C21H46O4P2/c1-5-9-13-14-15-16-20-24-27(22,23)25-26-21(17-10-6-2,18-11-7-3)19-12-8-4/h26H,5-20H2,1-4H3,(H,22,23). The van der Waals surface area contributed by atoms with Gasteiger partial charge in [0.05, 0.1) is 6.61 Å². The second-order valence-corrected chi connectivity index (χ2v) is 11.0. The maximum absolute atomic E-state index is 12.3. The zero-order valence-corrected chi connectivity index (χ0v) is 20.3. The van der Waals surface area contributed by atoms with Gasteiger partial charge in [-0.3, -0.25) is 8.83 Å². The monoisotopic (exact) mass is 424 g/mol. The fraction of sp³-hybridized carbons (Fsp3) is 1.00. The molecule has 0 aliphatic carbocycles. The Kier molecular flexibility index (Phi) is 17.8. The summed E-state index contributed by atoms with van der Waals surface area (Å²) < 4.78 is 23.1. The first-order valence-electron chi connectivity index (χ1n) is 11.4. The second kappa shape index (κ2) is 17.4. The van der Waals surface area contributed by atoms with E-state index in [1.54, 1.807) is 0 Å². The van der Waals surface area contributed by atoms with Crippen LogP contribution in [0.4, 0.5) is 0 Å². The quantitative estimate of drug-likeness (QED) is 0.157. The van der Waals surface area contributed by atoms with E-state index in [1.807, 2.05) is 0 Å². The number of rotatable bonds is 20. The van der Waals surface area contributed by atoms with Crippen LogP contribution in [-0.2, 0) is 13.4 Å². The number of phosphoric acid groups is 1. The molecule has 1 N–H and O–H groups in total. The van der Waals surface area contributed by atoms with Gasteiger partial charge in [0.2, 0.25) is 0 Å². The number of unbranched alkanes of at least 4 members (excludes halogenated alkanes) is 8. The van der Waals surface area contributed by atoms with Crippen LogP contribution >= 0.6 is 16.6 Å². The molecular formula is C21H46O4P2. The zero-order chi connectivity index (χ0) is 20.4. The van der Waals surface area contributed by atoms with E-state index < -0.39 is 7.82 Å². The van der Waals surface area contributed by atoms with E-state index in [0.29, 0.717) is 6.61 Å². The Bertz CT molecular complexity index is 355. The van der Waals surface area contributed by atoms with Gasteiger partial charge in [0.15, 0.2) is 0 Å². The average molecular weight is 425 g/mol. The first kappa shape index (κ1) is 27.5. The van der Waals surface area contributed by atoms with Gasteiger partial charge >= 0.3 is 7.82 Å². The third-order valence-corrected chi connectivity index (χ3v) is 8.14. The van der Waals surface area contributed by atoms with Crippen molar-refractivity contribution in [2.75, 3.05) is 6.61 Å². The Balaban J connectivity index is 4.49. The van der Waals surface area contributed by atoms with E-state index in [2.05, 4.69) is 27.7 Å². The molecule has 0 aromatic rings. The molecule has 27 heavy (non-hydrogen) atoms. The second-order valence-electron chi connectivity index (χ2n) is 7.85. The average Bonchev–Trinajstić information content (AvgIpc) is 2.66. The molecule has 0 heterocycles. The zero-order valence-electron chi connectivity index (χ0n) is 18.4. The summed E-state index contributed by atoms with van der Waals surface area (Å²) in [5.74, 6) is 0. The summed E-state index contributed by atoms with van der Waals surface area (Å²) >= 11 is 0. The van der Waals surface area contributed by atoms with Crippen molar-refractivity contribution in [3.63, 3.8) is 0 Å². The third kappa shape index (κ3) is 15.1. The van der Waals surface area contributed by atoms with Crippen molar-refractivity contribution >= 4 is 16.6 Å². The van der Waals surface area contributed by atoms with Crippen molar-refractivity contribution in [1.82, 2.24) is 0 Å². The Morgan fingerprint density at radius 3 is 1.67 bits per heavy atom. The molecule has 0 fully saturated rings. The lowest BCUT2D eigenvalue weighted by atomic mass is 9.90. The van der Waals surface area contributed by atoms with Gasteiger partial charge in [0.25, 0.3) is 0 Å². The van der Waals surface area contributed by atoms with E-state index in [4.69, 9.17) is 8.83 Å². The number of hydrogen-bond donors (Lipinski definition) is 1. The smallest absolute Gasteiger partial charge is 0.302 e. The molecule has 164 valence electrons. The molecule has 4 nitrogen and oxygen atoms in total. The van der Waals surface area contributed by atoms with Crippen molar-refractivity contribution in [2.24, 2.45) is 0 Å². The van der Waals surface area contributed by atoms with Crippen LogP contribution < -0.4 is 0 Å². The minimum Gasteiger partial charge on any atom is -0.302 e. The van der Waals surface area contributed by atoms with Crippen LogP contribution in [0.15, 0.2) is 0 Å². The van der Waals surface area contributed by atoms with Crippen LogP contribution in [0, 0.1) is 0 Å². The van der Waals surface area contributed by atoms with Crippen LogP contribution in [0.1, 0.15) is 124 Å². The van der Waals surface area contributed by atoms with Gasteiger partial charge in [-0.2, -0.15) is 0 Å². The molecule has 0 aromatic carbocycles. The van der Waals surface area contributed by atoms with Gasteiger partial charge in [0, 0.05) is 14.0 Å². The lowest BCUT2D eigenvalue weighted by Crippen LogP contribution is -2.24. The van der Waals surface area contributed by atoms with Gasteiger partial charge in [-0.05, 0) is 25.7 Å². The Morgan fingerprint density at radius 1 is 0.741 bits per heavy atom. The van der Waals surface area contributed by atoms with Gasteiger partial charge < -0.3 is 4.89 Å². The first-order chi connectivity index (χ1) is 12.9. The van der Waals surface area contributed by atoms with E-state index in [1.165, 1.54) is 25.7 Å². The third-order valence-electron chi connectivity index (χ3n) is 5.16. The maximum Gasteiger partial charge on any atom is 0.475 e. The van der Waals surface area contributed by atoms with Crippen molar-refractivity contribution in [2.45, 2.75) is 129 Å². The fourth-order valence-corrected chi connectivity index (χ4v) is 5.96. The van der Waals surface area contributed by atoms with Crippen LogP contribution in [0.5, 0.6) is 0 Å². The summed E-state index contributed by atoms with van der Waals surface area (Å²) in [7, 11) is -3.89. The van der Waals surface area contributed by atoms with Crippen LogP contribution in [0.3, 0.4) is 0 Å². The fourth-order valence-electron chi connectivity index (χ4n) is 3.32. The number of phosphoric ester groups is 1. The van der Waals surface area contributed by atoms with Crippen LogP contribution in [0.25, 0.3) is 0 Å². The van der Waals surface area contributed by atoms with Crippen molar-refractivity contribution < 1.29 is 18.3 Å². The summed E-state index contributed by atoms with van der Waals surface area (Å²) in [4.78, 5) is 10.1. The van der Waals surface area contributed by atoms with Gasteiger partial charge in [-0.1, -0.05) is 98.3 Å². The predicted molar refractivity (Wildman–Crippen MR) is 120 cm³/mol. The van der Waals surface area contributed by atoms with E-state index in [9.17, 15) is 9.46 Å². The minimum atomic E-state index is -3.93. The topological polar surface area (TPSA) is 55.8 Å². The molecule has 0 radical (unpaired) electrons. The Morgan fingerprint density at radius 2 is 1.19 bits per heavy atom. The summed E-state index contributed by atoms with van der Waals surface area (Å²) in [6.07, 6.45) is 16.9. The minimum absolute atomic E-state index is 0.0456. The van der Waals surface area contributed by atoms with E-state index >= 15 is 0 Å². The number of hydrogen-bond acceptors (Lipinski definition) is 3. The summed E-state index contributed by atoms with van der Waals surface area (Å²) in [6.45, 7) is 9.12. The highest BCUT2D eigenvalue weighted by molar-refractivity contribution is 7.56. The van der Waals surface area contributed by atoms with E-state index in [0.717, 1.165) is 70.6 Å². The summed E-state index contributed by atoms with van der Waals surface area (Å²) in [5.41, 5.74) is 0. The Labute approximate surface area is 171 Å². The molecule has 0 bridgehead atoms. The largest absolute Gasteiger partial charge is 0.475 e. The van der Waals surface area contributed by atoms with Gasteiger partial charge in [0.1, 0.15) is 0 Å². The molecule has 2 unspecified atom stereocenters. The molecule has 0 saturated carbocycles. The lowest BCUT2D eigenvalue weighted by Gasteiger charge is -2.34. The molecule has 6 heteroatoms. The maximum atomic E-state index is 12.3. The SMILES string of the molecule is CCCCCCCCOP(=O)(O)OPC(CCCC)(CCCC)CCCC.